The molecule has 134 valence electrons. The number of ether oxygens (including phenoxy) is 1. The SMILES string of the molecule is O=C(COc1ccc(F)cc1)N(Cc1ccc(F)cc1)Cc1ccco1. The summed E-state index contributed by atoms with van der Waals surface area (Å²) in [4.78, 5) is 14.1. The Hall–Kier alpha value is -3.15. The molecule has 4 nitrogen and oxygen atoms in total. The van der Waals surface area contributed by atoms with Gasteiger partial charge in [-0.15, -0.1) is 0 Å². The number of rotatable bonds is 7. The molecule has 0 saturated carbocycles. The molecule has 0 fully saturated rings. The molecule has 2 aromatic carbocycles. The standard InChI is InChI=1S/C20H17F2NO3/c21-16-5-3-15(4-6-16)12-23(13-19-2-1-11-25-19)20(24)14-26-18-9-7-17(22)8-10-18/h1-11H,12-14H2. The van der Waals surface area contributed by atoms with Gasteiger partial charge in [0, 0.05) is 6.54 Å². The predicted molar refractivity (Wildman–Crippen MR) is 91.3 cm³/mol. The number of carbonyl (C=O) groups excluding carboxylic acids is 1. The zero-order chi connectivity index (χ0) is 18.4. The maximum Gasteiger partial charge on any atom is 0.261 e. The first-order valence-corrected chi connectivity index (χ1v) is 8.03. The summed E-state index contributed by atoms with van der Waals surface area (Å²) in [7, 11) is 0. The highest BCUT2D eigenvalue weighted by Crippen LogP contribution is 2.14. The molecule has 1 heterocycles. The molecular weight excluding hydrogens is 340 g/mol. The van der Waals surface area contributed by atoms with Gasteiger partial charge in [-0.1, -0.05) is 12.1 Å². The first-order valence-electron chi connectivity index (χ1n) is 8.03. The van der Waals surface area contributed by atoms with E-state index < -0.39 is 0 Å². The second kappa shape index (κ2) is 8.29. The lowest BCUT2D eigenvalue weighted by Crippen LogP contribution is -2.34. The highest BCUT2D eigenvalue weighted by molar-refractivity contribution is 5.77. The Bertz CT molecular complexity index is 831. The van der Waals surface area contributed by atoms with E-state index in [0.29, 0.717) is 11.5 Å². The molecule has 0 saturated heterocycles. The topological polar surface area (TPSA) is 42.7 Å². The minimum absolute atomic E-state index is 0.201. The summed E-state index contributed by atoms with van der Waals surface area (Å²) in [5.41, 5.74) is 0.785. The summed E-state index contributed by atoms with van der Waals surface area (Å²) in [5, 5.41) is 0. The molecule has 26 heavy (non-hydrogen) atoms. The molecule has 0 aliphatic carbocycles. The van der Waals surface area contributed by atoms with Gasteiger partial charge >= 0.3 is 0 Å². The summed E-state index contributed by atoms with van der Waals surface area (Å²) in [6.07, 6.45) is 1.53. The molecule has 0 aliphatic heterocycles. The van der Waals surface area contributed by atoms with Gasteiger partial charge in [0.2, 0.25) is 0 Å². The van der Waals surface area contributed by atoms with Crippen LogP contribution in [-0.2, 0) is 17.9 Å². The van der Waals surface area contributed by atoms with Crippen molar-refractivity contribution in [3.05, 3.63) is 89.9 Å². The number of amides is 1. The van der Waals surface area contributed by atoms with Crippen LogP contribution >= 0.6 is 0 Å². The Balaban J connectivity index is 1.67. The van der Waals surface area contributed by atoms with E-state index >= 15 is 0 Å². The van der Waals surface area contributed by atoms with Crippen molar-refractivity contribution in [3.63, 3.8) is 0 Å². The van der Waals surface area contributed by atoms with Crippen molar-refractivity contribution in [1.82, 2.24) is 4.90 Å². The molecule has 0 N–H and O–H groups in total. The summed E-state index contributed by atoms with van der Waals surface area (Å²) in [5.74, 6) is 0.0495. The molecule has 1 amide bonds. The number of hydrogen-bond acceptors (Lipinski definition) is 3. The number of carbonyl (C=O) groups is 1. The molecule has 0 spiro atoms. The molecule has 0 atom stereocenters. The zero-order valence-corrected chi connectivity index (χ0v) is 13.9. The van der Waals surface area contributed by atoms with Crippen molar-refractivity contribution in [2.24, 2.45) is 0 Å². The second-order valence-electron chi connectivity index (χ2n) is 5.70. The van der Waals surface area contributed by atoms with E-state index in [1.807, 2.05) is 0 Å². The van der Waals surface area contributed by atoms with E-state index in [9.17, 15) is 13.6 Å². The molecule has 1 aromatic heterocycles. The van der Waals surface area contributed by atoms with Crippen LogP contribution in [0.4, 0.5) is 8.78 Å². The van der Waals surface area contributed by atoms with E-state index in [1.165, 1.54) is 42.7 Å². The van der Waals surface area contributed by atoms with Crippen LogP contribution in [0.15, 0.2) is 71.3 Å². The number of halogens is 2. The molecule has 0 aliphatic rings. The first kappa shape index (κ1) is 17.7. The van der Waals surface area contributed by atoms with Crippen molar-refractivity contribution >= 4 is 5.91 Å². The maximum absolute atomic E-state index is 13.1. The Morgan fingerprint density at radius 2 is 1.58 bits per heavy atom. The third kappa shape index (κ3) is 4.92. The Morgan fingerprint density at radius 1 is 0.923 bits per heavy atom. The normalized spacial score (nSPS) is 10.5. The van der Waals surface area contributed by atoms with Crippen molar-refractivity contribution in [2.75, 3.05) is 6.61 Å². The van der Waals surface area contributed by atoms with Crippen molar-refractivity contribution in [2.45, 2.75) is 13.1 Å². The summed E-state index contributed by atoms with van der Waals surface area (Å²) in [6.45, 7) is 0.343. The van der Waals surface area contributed by atoms with Crippen LogP contribution in [0.5, 0.6) is 5.75 Å². The van der Waals surface area contributed by atoms with Gasteiger partial charge in [0.05, 0.1) is 12.8 Å². The van der Waals surface area contributed by atoms with Gasteiger partial charge in [-0.25, -0.2) is 8.78 Å². The van der Waals surface area contributed by atoms with Crippen molar-refractivity contribution in [3.8, 4) is 5.75 Å². The largest absolute Gasteiger partial charge is 0.484 e. The van der Waals surface area contributed by atoms with Gasteiger partial charge in [0.25, 0.3) is 5.91 Å². The van der Waals surface area contributed by atoms with Crippen molar-refractivity contribution < 1.29 is 22.7 Å². The average molecular weight is 357 g/mol. The fourth-order valence-corrected chi connectivity index (χ4v) is 2.40. The summed E-state index contributed by atoms with van der Waals surface area (Å²) in [6, 6.07) is 14.9. The number of nitrogens with zero attached hydrogens (tertiary/aromatic N) is 1. The lowest BCUT2D eigenvalue weighted by Gasteiger charge is -2.22. The lowest BCUT2D eigenvalue weighted by molar-refractivity contribution is -0.134. The summed E-state index contributed by atoms with van der Waals surface area (Å²) < 4.78 is 36.8. The van der Waals surface area contributed by atoms with Crippen LogP contribution in [0, 0.1) is 11.6 Å². The molecule has 0 unspecified atom stereocenters. The smallest absolute Gasteiger partial charge is 0.261 e. The van der Waals surface area contributed by atoms with Gasteiger partial charge in [-0.3, -0.25) is 4.79 Å². The number of hydrogen-bond donors (Lipinski definition) is 0. The second-order valence-corrected chi connectivity index (χ2v) is 5.70. The molecular formula is C20H17F2NO3. The first-order chi connectivity index (χ1) is 12.6. The predicted octanol–water partition coefficient (Wildman–Crippen LogP) is 4.17. The fourth-order valence-electron chi connectivity index (χ4n) is 2.40. The maximum atomic E-state index is 13.1. The quantitative estimate of drug-likeness (QED) is 0.637. The van der Waals surface area contributed by atoms with Crippen LogP contribution in [-0.4, -0.2) is 17.4 Å². The van der Waals surface area contributed by atoms with Crippen LogP contribution in [0.2, 0.25) is 0 Å². The molecule has 0 bridgehead atoms. The molecule has 0 radical (unpaired) electrons. The zero-order valence-electron chi connectivity index (χ0n) is 13.9. The third-order valence-electron chi connectivity index (χ3n) is 3.74. The van der Waals surface area contributed by atoms with Gasteiger partial charge in [-0.2, -0.15) is 0 Å². The Kier molecular flexibility index (Phi) is 5.63. The number of furan rings is 1. The average Bonchev–Trinajstić information content (AvgIpc) is 3.15. The Labute approximate surface area is 149 Å². The fraction of sp³-hybridized carbons (Fsp3) is 0.150. The summed E-state index contributed by atoms with van der Waals surface area (Å²) >= 11 is 0. The van der Waals surface area contributed by atoms with E-state index in [1.54, 1.807) is 29.2 Å². The van der Waals surface area contributed by atoms with Crippen LogP contribution in [0.3, 0.4) is 0 Å². The van der Waals surface area contributed by atoms with Gasteiger partial charge in [0.15, 0.2) is 6.61 Å². The molecule has 3 rings (SSSR count). The Morgan fingerprint density at radius 3 is 2.19 bits per heavy atom. The number of benzene rings is 2. The highest BCUT2D eigenvalue weighted by Gasteiger charge is 2.17. The monoisotopic (exact) mass is 357 g/mol. The van der Waals surface area contributed by atoms with Gasteiger partial charge in [-0.05, 0) is 54.1 Å². The van der Waals surface area contributed by atoms with E-state index in [4.69, 9.17) is 9.15 Å². The van der Waals surface area contributed by atoms with Crippen molar-refractivity contribution in [1.29, 1.82) is 0 Å². The minimum atomic E-state index is -0.376. The van der Waals surface area contributed by atoms with Crippen LogP contribution in [0.1, 0.15) is 11.3 Å². The molecule has 6 heteroatoms. The van der Waals surface area contributed by atoms with Crippen LogP contribution in [0.25, 0.3) is 0 Å². The van der Waals surface area contributed by atoms with Gasteiger partial charge < -0.3 is 14.1 Å². The molecule has 3 aromatic rings. The van der Waals surface area contributed by atoms with Crippen LogP contribution < -0.4 is 4.74 Å². The van der Waals surface area contributed by atoms with E-state index in [-0.39, 0.29) is 37.2 Å². The van der Waals surface area contributed by atoms with E-state index in [2.05, 4.69) is 0 Å². The van der Waals surface area contributed by atoms with E-state index in [0.717, 1.165) is 5.56 Å². The lowest BCUT2D eigenvalue weighted by atomic mass is 10.2. The highest BCUT2D eigenvalue weighted by atomic mass is 19.1. The van der Waals surface area contributed by atoms with Gasteiger partial charge in [0.1, 0.15) is 23.1 Å². The minimum Gasteiger partial charge on any atom is -0.484 e. The third-order valence-corrected chi connectivity index (χ3v) is 3.74.